The van der Waals surface area contributed by atoms with Crippen LogP contribution in [0.2, 0.25) is 0 Å². The minimum absolute atomic E-state index is 0.283. The van der Waals surface area contributed by atoms with E-state index in [1.807, 2.05) is 24.3 Å². The molecular weight excluding hydrogens is 178 g/mol. The van der Waals surface area contributed by atoms with E-state index in [4.69, 9.17) is 10.2 Å². The summed E-state index contributed by atoms with van der Waals surface area (Å²) in [5, 5.41) is 0.940. The largest absolute Gasteiger partial charge is 0.423 e. The van der Waals surface area contributed by atoms with Crippen LogP contribution in [0.3, 0.4) is 0 Å². The van der Waals surface area contributed by atoms with Crippen molar-refractivity contribution in [1.29, 1.82) is 0 Å². The smallest absolute Gasteiger partial charge is 0.339 e. The lowest BCUT2D eigenvalue weighted by Gasteiger charge is -1.99. The molecule has 2 aromatic rings. The van der Waals surface area contributed by atoms with Gasteiger partial charge in [-0.2, -0.15) is 0 Å². The lowest BCUT2D eigenvalue weighted by molar-refractivity contribution is 0.550. The summed E-state index contributed by atoms with van der Waals surface area (Å²) in [4.78, 5) is 11.4. The third-order valence-electron chi connectivity index (χ3n) is 2.13. The van der Waals surface area contributed by atoms with Gasteiger partial charge in [0.15, 0.2) is 0 Å². The van der Waals surface area contributed by atoms with E-state index in [1.165, 1.54) is 0 Å². The molecule has 3 nitrogen and oxygen atoms in total. The third kappa shape index (κ3) is 1.54. The molecule has 0 saturated heterocycles. The highest BCUT2D eigenvalue weighted by Crippen LogP contribution is 2.12. The van der Waals surface area contributed by atoms with Crippen molar-refractivity contribution in [3.8, 4) is 0 Å². The Hall–Kier alpha value is -1.61. The maximum absolute atomic E-state index is 11.4. The highest BCUT2D eigenvalue weighted by Gasteiger charge is 2.02. The van der Waals surface area contributed by atoms with Gasteiger partial charge in [0.25, 0.3) is 0 Å². The van der Waals surface area contributed by atoms with Crippen LogP contribution in [0.4, 0.5) is 0 Å². The molecule has 1 aromatic heterocycles. The maximum atomic E-state index is 11.4. The number of benzene rings is 1. The summed E-state index contributed by atoms with van der Waals surface area (Å²) >= 11 is 0. The summed E-state index contributed by atoms with van der Waals surface area (Å²) < 4.78 is 5.13. The molecule has 0 saturated carbocycles. The van der Waals surface area contributed by atoms with Crippen LogP contribution in [0.1, 0.15) is 5.56 Å². The van der Waals surface area contributed by atoms with Gasteiger partial charge in [0.05, 0.1) is 0 Å². The Kier molecular flexibility index (Phi) is 2.33. The topological polar surface area (TPSA) is 56.2 Å². The van der Waals surface area contributed by atoms with Gasteiger partial charge in [-0.15, -0.1) is 0 Å². The molecular formula is C11H11NO2. The number of hydrogen-bond donors (Lipinski definition) is 1. The van der Waals surface area contributed by atoms with Crippen LogP contribution in [-0.2, 0) is 6.42 Å². The molecule has 1 heterocycles. The molecule has 0 spiro atoms. The van der Waals surface area contributed by atoms with Crippen LogP contribution in [0, 0.1) is 0 Å². The SMILES string of the molecule is NCCc1cc2ccccc2oc1=O. The van der Waals surface area contributed by atoms with Crippen molar-refractivity contribution >= 4 is 11.0 Å². The predicted molar refractivity (Wildman–Crippen MR) is 55.2 cm³/mol. The molecule has 0 radical (unpaired) electrons. The van der Waals surface area contributed by atoms with Crippen LogP contribution in [0.25, 0.3) is 11.0 Å². The van der Waals surface area contributed by atoms with Crippen molar-refractivity contribution in [1.82, 2.24) is 0 Å². The van der Waals surface area contributed by atoms with Crippen LogP contribution >= 0.6 is 0 Å². The van der Waals surface area contributed by atoms with Gasteiger partial charge in [0.1, 0.15) is 5.58 Å². The molecule has 0 fully saturated rings. The van der Waals surface area contributed by atoms with Gasteiger partial charge in [-0.05, 0) is 25.1 Å². The van der Waals surface area contributed by atoms with E-state index in [-0.39, 0.29) is 5.63 Å². The average Bonchev–Trinajstić information content (AvgIpc) is 2.19. The molecule has 0 bridgehead atoms. The molecule has 14 heavy (non-hydrogen) atoms. The second-order valence-electron chi connectivity index (χ2n) is 3.14. The highest BCUT2D eigenvalue weighted by atomic mass is 16.4. The summed E-state index contributed by atoms with van der Waals surface area (Å²) in [5.74, 6) is 0. The first-order chi connectivity index (χ1) is 6.81. The van der Waals surface area contributed by atoms with E-state index in [9.17, 15) is 4.79 Å². The highest BCUT2D eigenvalue weighted by molar-refractivity contribution is 5.76. The first-order valence-corrected chi connectivity index (χ1v) is 4.53. The Morgan fingerprint density at radius 2 is 2.07 bits per heavy atom. The second kappa shape index (κ2) is 3.64. The van der Waals surface area contributed by atoms with E-state index in [0.717, 1.165) is 5.39 Å². The van der Waals surface area contributed by atoms with Crippen molar-refractivity contribution in [2.45, 2.75) is 6.42 Å². The number of para-hydroxylation sites is 1. The molecule has 0 aliphatic carbocycles. The Morgan fingerprint density at radius 3 is 2.86 bits per heavy atom. The van der Waals surface area contributed by atoms with Crippen molar-refractivity contribution in [2.24, 2.45) is 5.73 Å². The molecule has 0 atom stereocenters. The molecule has 0 aliphatic rings. The maximum Gasteiger partial charge on any atom is 0.339 e. The van der Waals surface area contributed by atoms with E-state index < -0.39 is 0 Å². The van der Waals surface area contributed by atoms with Crippen LogP contribution in [0.5, 0.6) is 0 Å². The van der Waals surface area contributed by atoms with E-state index >= 15 is 0 Å². The number of nitrogens with two attached hydrogens (primary N) is 1. The first-order valence-electron chi connectivity index (χ1n) is 4.53. The summed E-state index contributed by atoms with van der Waals surface area (Å²) in [5.41, 5.74) is 6.38. The molecule has 0 unspecified atom stereocenters. The van der Waals surface area contributed by atoms with Crippen molar-refractivity contribution in [2.75, 3.05) is 6.54 Å². The van der Waals surface area contributed by atoms with Crippen LogP contribution in [0.15, 0.2) is 39.5 Å². The summed E-state index contributed by atoms with van der Waals surface area (Å²) in [6.45, 7) is 0.461. The van der Waals surface area contributed by atoms with E-state index in [2.05, 4.69) is 0 Å². The van der Waals surface area contributed by atoms with Gasteiger partial charge >= 0.3 is 5.63 Å². The summed E-state index contributed by atoms with van der Waals surface area (Å²) in [7, 11) is 0. The van der Waals surface area contributed by atoms with Crippen molar-refractivity contribution < 1.29 is 4.42 Å². The fourth-order valence-electron chi connectivity index (χ4n) is 1.43. The second-order valence-corrected chi connectivity index (χ2v) is 3.14. The fraction of sp³-hybridized carbons (Fsp3) is 0.182. The Bertz CT molecular complexity index is 502. The Labute approximate surface area is 81.1 Å². The minimum Gasteiger partial charge on any atom is -0.423 e. The standard InChI is InChI=1S/C11H11NO2/c12-6-5-9-7-8-3-1-2-4-10(8)14-11(9)13/h1-4,7H,5-6,12H2. The third-order valence-corrected chi connectivity index (χ3v) is 2.13. The quantitative estimate of drug-likeness (QED) is 0.724. The number of rotatable bonds is 2. The van der Waals surface area contributed by atoms with Gasteiger partial charge in [-0.1, -0.05) is 18.2 Å². The molecule has 2 N–H and O–H groups in total. The number of hydrogen-bond acceptors (Lipinski definition) is 3. The van der Waals surface area contributed by atoms with Gasteiger partial charge < -0.3 is 10.2 Å². The summed E-state index contributed by atoms with van der Waals surface area (Å²) in [6, 6.07) is 9.29. The molecule has 1 aromatic carbocycles. The van der Waals surface area contributed by atoms with Gasteiger partial charge in [-0.25, -0.2) is 4.79 Å². The summed E-state index contributed by atoms with van der Waals surface area (Å²) in [6.07, 6.45) is 0.563. The lowest BCUT2D eigenvalue weighted by Crippen LogP contribution is -2.12. The van der Waals surface area contributed by atoms with Crippen LogP contribution in [-0.4, -0.2) is 6.54 Å². The van der Waals surface area contributed by atoms with E-state index in [1.54, 1.807) is 6.07 Å². The van der Waals surface area contributed by atoms with Crippen LogP contribution < -0.4 is 11.4 Å². The molecule has 72 valence electrons. The van der Waals surface area contributed by atoms with Gasteiger partial charge in [0, 0.05) is 10.9 Å². The Morgan fingerprint density at radius 1 is 1.29 bits per heavy atom. The fourth-order valence-corrected chi connectivity index (χ4v) is 1.43. The monoisotopic (exact) mass is 189 g/mol. The zero-order chi connectivity index (χ0) is 9.97. The average molecular weight is 189 g/mol. The Balaban J connectivity index is 2.65. The zero-order valence-electron chi connectivity index (χ0n) is 7.69. The normalized spacial score (nSPS) is 10.6. The predicted octanol–water partition coefficient (Wildman–Crippen LogP) is 1.29. The number of fused-ring (bicyclic) bond motifs is 1. The van der Waals surface area contributed by atoms with E-state index in [0.29, 0.717) is 24.1 Å². The lowest BCUT2D eigenvalue weighted by atomic mass is 10.1. The molecule has 2 rings (SSSR count). The first kappa shape index (κ1) is 8.97. The molecule has 3 heteroatoms. The van der Waals surface area contributed by atoms with Crippen molar-refractivity contribution in [3.05, 3.63) is 46.3 Å². The molecule has 0 aliphatic heterocycles. The minimum atomic E-state index is -0.283. The van der Waals surface area contributed by atoms with Crippen molar-refractivity contribution in [3.63, 3.8) is 0 Å². The molecule has 0 amide bonds. The van der Waals surface area contributed by atoms with Gasteiger partial charge in [0.2, 0.25) is 0 Å². The zero-order valence-corrected chi connectivity index (χ0v) is 7.69. The van der Waals surface area contributed by atoms with Gasteiger partial charge in [-0.3, -0.25) is 0 Å².